The summed E-state index contributed by atoms with van der Waals surface area (Å²) in [7, 11) is 0. The minimum Gasteiger partial charge on any atom is -0.357 e. The van der Waals surface area contributed by atoms with E-state index in [1.54, 1.807) is 6.20 Å². The fourth-order valence-corrected chi connectivity index (χ4v) is 3.53. The zero-order valence-electron chi connectivity index (χ0n) is 13.7. The standard InChI is InChI=1S/C20H17N5/c1-2-6-18-16(5-1)17-7-9-25(13-19(17)24-18)20-22-11-15(12-23-20)14-4-3-8-21-10-14/h1-6,8,10-12,24H,7,9,13H2. The van der Waals surface area contributed by atoms with Crippen molar-refractivity contribution < 1.29 is 0 Å². The first-order chi connectivity index (χ1) is 12.4. The van der Waals surface area contributed by atoms with Crippen LogP contribution in [-0.2, 0) is 13.0 Å². The van der Waals surface area contributed by atoms with Crippen molar-refractivity contribution in [3.63, 3.8) is 0 Å². The Hall–Kier alpha value is -3.21. The van der Waals surface area contributed by atoms with Crippen LogP contribution < -0.4 is 4.90 Å². The molecular formula is C20H17N5. The van der Waals surface area contributed by atoms with Gasteiger partial charge in [0.15, 0.2) is 0 Å². The summed E-state index contributed by atoms with van der Waals surface area (Å²) in [4.78, 5) is 19.1. The van der Waals surface area contributed by atoms with Crippen LogP contribution in [0.5, 0.6) is 0 Å². The molecule has 5 nitrogen and oxygen atoms in total. The molecule has 0 aliphatic carbocycles. The van der Waals surface area contributed by atoms with Gasteiger partial charge >= 0.3 is 0 Å². The van der Waals surface area contributed by atoms with Crippen molar-refractivity contribution in [2.24, 2.45) is 0 Å². The number of aromatic amines is 1. The fraction of sp³-hybridized carbons (Fsp3) is 0.150. The lowest BCUT2D eigenvalue weighted by Gasteiger charge is -2.27. The first-order valence-corrected chi connectivity index (χ1v) is 8.44. The van der Waals surface area contributed by atoms with Crippen LogP contribution in [0.2, 0.25) is 0 Å². The van der Waals surface area contributed by atoms with Crippen molar-refractivity contribution in [1.82, 2.24) is 19.9 Å². The van der Waals surface area contributed by atoms with E-state index in [0.717, 1.165) is 36.6 Å². The Balaban J connectivity index is 1.43. The van der Waals surface area contributed by atoms with E-state index >= 15 is 0 Å². The van der Waals surface area contributed by atoms with E-state index in [9.17, 15) is 0 Å². The van der Waals surface area contributed by atoms with Crippen molar-refractivity contribution >= 4 is 16.9 Å². The second-order valence-corrected chi connectivity index (χ2v) is 6.31. The molecule has 0 radical (unpaired) electrons. The Labute approximate surface area is 145 Å². The number of anilines is 1. The Morgan fingerprint density at radius 1 is 0.920 bits per heavy atom. The van der Waals surface area contributed by atoms with Crippen LogP contribution >= 0.6 is 0 Å². The number of rotatable bonds is 2. The van der Waals surface area contributed by atoms with Gasteiger partial charge in [0.2, 0.25) is 5.95 Å². The maximum Gasteiger partial charge on any atom is 0.225 e. The summed E-state index contributed by atoms with van der Waals surface area (Å²) in [5.41, 5.74) is 5.93. The van der Waals surface area contributed by atoms with Gasteiger partial charge in [0.1, 0.15) is 0 Å². The van der Waals surface area contributed by atoms with E-state index in [1.165, 1.54) is 22.2 Å². The van der Waals surface area contributed by atoms with Crippen LogP contribution in [0.15, 0.2) is 61.2 Å². The van der Waals surface area contributed by atoms with E-state index in [1.807, 2.05) is 30.7 Å². The third-order valence-corrected chi connectivity index (χ3v) is 4.80. The molecule has 3 aromatic heterocycles. The molecule has 1 aliphatic rings. The molecule has 4 aromatic rings. The van der Waals surface area contributed by atoms with Crippen molar-refractivity contribution in [3.8, 4) is 11.1 Å². The number of hydrogen-bond acceptors (Lipinski definition) is 4. The van der Waals surface area contributed by atoms with Gasteiger partial charge in [-0.3, -0.25) is 4.98 Å². The molecule has 0 spiro atoms. The largest absolute Gasteiger partial charge is 0.357 e. The van der Waals surface area contributed by atoms with Gasteiger partial charge in [-0.2, -0.15) is 0 Å². The lowest BCUT2D eigenvalue weighted by molar-refractivity contribution is 0.701. The quantitative estimate of drug-likeness (QED) is 0.611. The highest BCUT2D eigenvalue weighted by Gasteiger charge is 2.22. The minimum atomic E-state index is 0.775. The molecule has 0 amide bonds. The average molecular weight is 327 g/mol. The van der Waals surface area contributed by atoms with E-state index in [4.69, 9.17) is 0 Å². The lowest BCUT2D eigenvalue weighted by atomic mass is 10.0. The van der Waals surface area contributed by atoms with Crippen molar-refractivity contribution in [3.05, 3.63) is 72.4 Å². The van der Waals surface area contributed by atoms with E-state index in [-0.39, 0.29) is 0 Å². The Bertz CT molecular complexity index is 1020. The summed E-state index contributed by atoms with van der Waals surface area (Å²) >= 11 is 0. The monoisotopic (exact) mass is 327 g/mol. The molecule has 1 N–H and O–H groups in total. The number of hydrogen-bond donors (Lipinski definition) is 1. The van der Waals surface area contributed by atoms with Crippen LogP contribution in [0.3, 0.4) is 0 Å². The molecule has 5 heteroatoms. The predicted molar refractivity (Wildman–Crippen MR) is 98.3 cm³/mol. The second kappa shape index (κ2) is 5.70. The molecule has 0 saturated heterocycles. The van der Waals surface area contributed by atoms with E-state index in [0.29, 0.717) is 0 Å². The van der Waals surface area contributed by atoms with Gasteiger partial charge in [0, 0.05) is 59.1 Å². The lowest BCUT2D eigenvalue weighted by Crippen LogP contribution is -2.31. The van der Waals surface area contributed by atoms with Crippen LogP contribution in [0, 0.1) is 0 Å². The van der Waals surface area contributed by atoms with Crippen LogP contribution in [0.4, 0.5) is 5.95 Å². The third-order valence-electron chi connectivity index (χ3n) is 4.80. The number of pyridine rings is 1. The minimum absolute atomic E-state index is 0.775. The summed E-state index contributed by atoms with van der Waals surface area (Å²) in [5, 5.41) is 1.34. The molecule has 5 rings (SSSR count). The van der Waals surface area contributed by atoms with Gasteiger partial charge in [-0.25, -0.2) is 9.97 Å². The first-order valence-electron chi connectivity index (χ1n) is 8.44. The Morgan fingerprint density at radius 3 is 2.64 bits per heavy atom. The SMILES string of the molecule is c1cncc(-c2cnc(N3CCc4c([nH]c5ccccc45)C3)nc2)c1. The number of H-pyrrole nitrogens is 1. The molecule has 122 valence electrons. The maximum atomic E-state index is 4.58. The molecule has 0 atom stereocenters. The second-order valence-electron chi connectivity index (χ2n) is 6.31. The first kappa shape index (κ1) is 14.2. The summed E-state index contributed by atoms with van der Waals surface area (Å²) < 4.78 is 0. The Morgan fingerprint density at radius 2 is 1.80 bits per heavy atom. The molecular weight excluding hydrogens is 310 g/mol. The molecule has 0 bridgehead atoms. The molecule has 25 heavy (non-hydrogen) atoms. The van der Waals surface area contributed by atoms with E-state index in [2.05, 4.69) is 49.1 Å². The van der Waals surface area contributed by atoms with Gasteiger partial charge in [0.05, 0.1) is 6.54 Å². The van der Waals surface area contributed by atoms with Crippen LogP contribution in [0.25, 0.3) is 22.0 Å². The predicted octanol–water partition coefficient (Wildman–Crippen LogP) is 3.58. The number of fused-ring (bicyclic) bond motifs is 3. The van der Waals surface area contributed by atoms with Crippen LogP contribution in [-0.4, -0.2) is 26.5 Å². The smallest absolute Gasteiger partial charge is 0.225 e. The fourth-order valence-electron chi connectivity index (χ4n) is 3.53. The molecule has 4 heterocycles. The number of nitrogens with one attached hydrogen (secondary N) is 1. The zero-order valence-corrected chi connectivity index (χ0v) is 13.7. The average Bonchev–Trinajstić information content (AvgIpc) is 3.06. The highest BCUT2D eigenvalue weighted by molar-refractivity contribution is 5.85. The summed E-state index contributed by atoms with van der Waals surface area (Å²) in [6.45, 7) is 1.75. The highest BCUT2D eigenvalue weighted by atomic mass is 15.3. The van der Waals surface area contributed by atoms with Crippen LogP contribution in [0.1, 0.15) is 11.3 Å². The van der Waals surface area contributed by atoms with E-state index < -0.39 is 0 Å². The van der Waals surface area contributed by atoms with Gasteiger partial charge in [-0.15, -0.1) is 0 Å². The summed E-state index contributed by atoms with van der Waals surface area (Å²) in [5.74, 6) is 0.775. The van der Waals surface area contributed by atoms with Gasteiger partial charge in [-0.1, -0.05) is 24.3 Å². The molecule has 0 saturated carbocycles. The zero-order chi connectivity index (χ0) is 16.6. The molecule has 0 fully saturated rings. The van der Waals surface area contributed by atoms with Crippen molar-refractivity contribution in [1.29, 1.82) is 0 Å². The Kier molecular flexibility index (Phi) is 3.23. The highest BCUT2D eigenvalue weighted by Crippen LogP contribution is 2.29. The molecule has 1 aromatic carbocycles. The number of para-hydroxylation sites is 1. The third kappa shape index (κ3) is 2.45. The topological polar surface area (TPSA) is 57.7 Å². The normalized spacial score (nSPS) is 13.8. The van der Waals surface area contributed by atoms with Crippen molar-refractivity contribution in [2.45, 2.75) is 13.0 Å². The van der Waals surface area contributed by atoms with Gasteiger partial charge < -0.3 is 9.88 Å². The van der Waals surface area contributed by atoms with Gasteiger partial charge in [0.25, 0.3) is 0 Å². The summed E-state index contributed by atoms with van der Waals surface area (Å²) in [6.07, 6.45) is 8.35. The maximum absolute atomic E-state index is 4.58. The van der Waals surface area contributed by atoms with Gasteiger partial charge in [-0.05, 0) is 24.1 Å². The molecule has 1 aliphatic heterocycles. The molecule has 0 unspecified atom stereocenters. The number of benzene rings is 1. The number of aromatic nitrogens is 4. The summed E-state index contributed by atoms with van der Waals surface area (Å²) in [6, 6.07) is 12.4. The van der Waals surface area contributed by atoms with Crippen molar-refractivity contribution in [2.75, 3.05) is 11.4 Å². The number of nitrogens with zero attached hydrogens (tertiary/aromatic N) is 4.